The summed E-state index contributed by atoms with van der Waals surface area (Å²) in [7, 11) is 0. The number of nitrogens with one attached hydrogen (secondary N) is 1. The lowest BCUT2D eigenvalue weighted by Gasteiger charge is -2.14. The highest BCUT2D eigenvalue weighted by Gasteiger charge is 2.08. The zero-order valence-electron chi connectivity index (χ0n) is 16.9. The van der Waals surface area contributed by atoms with Gasteiger partial charge in [0.1, 0.15) is 12.4 Å². The van der Waals surface area contributed by atoms with Gasteiger partial charge < -0.3 is 14.8 Å². The SMILES string of the molecule is CCOc1cc(CNCCc2ccc(F)cc2)ccc1OCc1ccccc1Cl.Cl. The maximum atomic E-state index is 13.0. The predicted molar refractivity (Wildman–Crippen MR) is 122 cm³/mol. The summed E-state index contributed by atoms with van der Waals surface area (Å²) in [6, 6.07) is 20.2. The van der Waals surface area contributed by atoms with Crippen molar-refractivity contribution in [1.82, 2.24) is 5.32 Å². The molecule has 0 radical (unpaired) electrons. The Bertz CT molecular complexity index is 919. The van der Waals surface area contributed by atoms with Gasteiger partial charge in [0.05, 0.1) is 6.61 Å². The Morgan fingerprint density at radius 1 is 0.900 bits per heavy atom. The van der Waals surface area contributed by atoms with Crippen LogP contribution in [0.15, 0.2) is 66.7 Å². The van der Waals surface area contributed by atoms with Gasteiger partial charge in [-0.3, -0.25) is 0 Å². The number of hydrogen-bond acceptors (Lipinski definition) is 3. The maximum Gasteiger partial charge on any atom is 0.161 e. The highest BCUT2D eigenvalue weighted by Crippen LogP contribution is 2.30. The van der Waals surface area contributed by atoms with Crippen molar-refractivity contribution in [3.8, 4) is 11.5 Å². The zero-order chi connectivity index (χ0) is 20.5. The van der Waals surface area contributed by atoms with Crippen LogP contribution in [0.2, 0.25) is 5.02 Å². The van der Waals surface area contributed by atoms with Crippen LogP contribution >= 0.6 is 24.0 Å². The normalized spacial score (nSPS) is 10.4. The molecule has 0 saturated carbocycles. The largest absolute Gasteiger partial charge is 0.490 e. The summed E-state index contributed by atoms with van der Waals surface area (Å²) in [6.07, 6.45) is 0.845. The Hall–Kier alpha value is -2.27. The molecule has 0 aliphatic rings. The fraction of sp³-hybridized carbons (Fsp3) is 0.250. The Morgan fingerprint density at radius 3 is 2.37 bits per heavy atom. The van der Waals surface area contributed by atoms with Crippen LogP contribution in [0.3, 0.4) is 0 Å². The molecular formula is C24H26Cl2FNO2. The molecule has 1 N–H and O–H groups in total. The molecule has 0 amide bonds. The Balaban J connectivity index is 0.00000320. The van der Waals surface area contributed by atoms with Gasteiger partial charge in [-0.15, -0.1) is 12.4 Å². The minimum atomic E-state index is -0.206. The van der Waals surface area contributed by atoms with Gasteiger partial charge in [-0.1, -0.05) is 48.0 Å². The van der Waals surface area contributed by atoms with Crippen molar-refractivity contribution in [1.29, 1.82) is 0 Å². The van der Waals surface area contributed by atoms with Crippen molar-refractivity contribution in [3.63, 3.8) is 0 Å². The fourth-order valence-corrected chi connectivity index (χ4v) is 3.13. The molecule has 0 spiro atoms. The van der Waals surface area contributed by atoms with E-state index in [-0.39, 0.29) is 18.2 Å². The van der Waals surface area contributed by atoms with Crippen molar-refractivity contribution in [2.45, 2.75) is 26.5 Å². The van der Waals surface area contributed by atoms with E-state index < -0.39 is 0 Å². The van der Waals surface area contributed by atoms with Crippen LogP contribution in [-0.4, -0.2) is 13.2 Å². The van der Waals surface area contributed by atoms with Crippen molar-refractivity contribution < 1.29 is 13.9 Å². The first kappa shape index (κ1) is 24.0. The molecule has 0 bridgehead atoms. The first-order valence-electron chi connectivity index (χ1n) is 9.73. The van der Waals surface area contributed by atoms with E-state index in [2.05, 4.69) is 5.32 Å². The molecular weight excluding hydrogens is 424 g/mol. The molecule has 3 rings (SSSR count). The molecule has 0 atom stereocenters. The first-order chi connectivity index (χ1) is 14.2. The molecule has 0 saturated heterocycles. The van der Waals surface area contributed by atoms with Crippen LogP contribution in [-0.2, 0) is 19.6 Å². The fourth-order valence-electron chi connectivity index (χ4n) is 2.94. The van der Waals surface area contributed by atoms with E-state index in [4.69, 9.17) is 21.1 Å². The van der Waals surface area contributed by atoms with Gasteiger partial charge in [0.15, 0.2) is 11.5 Å². The topological polar surface area (TPSA) is 30.5 Å². The molecule has 0 aliphatic carbocycles. The molecule has 0 fully saturated rings. The smallest absolute Gasteiger partial charge is 0.161 e. The average molecular weight is 450 g/mol. The lowest BCUT2D eigenvalue weighted by Crippen LogP contribution is -2.16. The van der Waals surface area contributed by atoms with Crippen molar-refractivity contribution in [2.24, 2.45) is 0 Å². The van der Waals surface area contributed by atoms with Gasteiger partial charge in [0.2, 0.25) is 0 Å². The van der Waals surface area contributed by atoms with Crippen LogP contribution in [0.5, 0.6) is 11.5 Å². The third-order valence-corrected chi connectivity index (χ3v) is 4.85. The second-order valence-electron chi connectivity index (χ2n) is 6.65. The molecule has 6 heteroatoms. The Morgan fingerprint density at radius 2 is 1.63 bits per heavy atom. The molecule has 3 aromatic rings. The summed E-state index contributed by atoms with van der Waals surface area (Å²) in [5, 5.41) is 4.10. The van der Waals surface area contributed by atoms with Gasteiger partial charge in [-0.25, -0.2) is 4.39 Å². The quantitative estimate of drug-likeness (QED) is 0.373. The van der Waals surface area contributed by atoms with Gasteiger partial charge in [-0.2, -0.15) is 0 Å². The monoisotopic (exact) mass is 449 g/mol. The van der Waals surface area contributed by atoms with Crippen molar-refractivity contribution in [3.05, 3.63) is 94.3 Å². The number of halogens is 3. The first-order valence-corrected chi connectivity index (χ1v) is 10.1. The summed E-state index contributed by atoms with van der Waals surface area (Å²) in [4.78, 5) is 0. The van der Waals surface area contributed by atoms with Crippen molar-refractivity contribution in [2.75, 3.05) is 13.2 Å². The lowest BCUT2D eigenvalue weighted by molar-refractivity contribution is 0.269. The number of benzene rings is 3. The van der Waals surface area contributed by atoms with E-state index in [0.29, 0.717) is 30.5 Å². The summed E-state index contributed by atoms with van der Waals surface area (Å²) in [5.41, 5.74) is 3.15. The molecule has 0 aromatic heterocycles. The van der Waals surface area contributed by atoms with Crippen LogP contribution < -0.4 is 14.8 Å². The highest BCUT2D eigenvalue weighted by atomic mass is 35.5. The van der Waals surface area contributed by atoms with E-state index in [1.165, 1.54) is 12.1 Å². The van der Waals surface area contributed by atoms with Gasteiger partial charge >= 0.3 is 0 Å². The molecule has 3 nitrogen and oxygen atoms in total. The summed E-state index contributed by atoms with van der Waals surface area (Å²) in [5.74, 6) is 1.21. The molecule has 0 aliphatic heterocycles. The standard InChI is InChI=1S/C24H25ClFNO2.ClH/c1-2-28-24-15-19(16-27-14-13-18-7-10-21(26)11-8-18)9-12-23(24)29-17-20-5-3-4-6-22(20)25;/h3-12,15,27H,2,13-14,16-17H2,1H3;1H. The summed E-state index contributed by atoms with van der Waals surface area (Å²) >= 11 is 6.20. The van der Waals surface area contributed by atoms with Gasteiger partial charge in [-0.05, 0) is 61.3 Å². The molecule has 160 valence electrons. The summed E-state index contributed by atoms with van der Waals surface area (Å²) < 4.78 is 24.7. The van der Waals surface area contributed by atoms with Crippen LogP contribution in [0.1, 0.15) is 23.6 Å². The number of rotatable bonds is 10. The molecule has 30 heavy (non-hydrogen) atoms. The summed E-state index contributed by atoms with van der Waals surface area (Å²) in [6.45, 7) is 4.41. The molecule has 3 aromatic carbocycles. The zero-order valence-corrected chi connectivity index (χ0v) is 18.4. The van der Waals surface area contributed by atoms with Crippen molar-refractivity contribution >= 4 is 24.0 Å². The maximum absolute atomic E-state index is 13.0. The van der Waals surface area contributed by atoms with Crippen LogP contribution in [0.25, 0.3) is 0 Å². The van der Waals surface area contributed by atoms with E-state index in [0.717, 1.165) is 35.4 Å². The number of ether oxygens (including phenoxy) is 2. The van der Waals surface area contributed by atoms with Gasteiger partial charge in [0.25, 0.3) is 0 Å². The minimum absolute atomic E-state index is 0. The van der Waals surface area contributed by atoms with E-state index in [1.54, 1.807) is 0 Å². The van der Waals surface area contributed by atoms with E-state index in [9.17, 15) is 4.39 Å². The second-order valence-corrected chi connectivity index (χ2v) is 7.05. The Kier molecular flexibility index (Phi) is 9.95. The third-order valence-electron chi connectivity index (χ3n) is 4.48. The predicted octanol–water partition coefficient (Wildman–Crippen LogP) is 6.21. The van der Waals surface area contributed by atoms with Crippen LogP contribution in [0.4, 0.5) is 4.39 Å². The minimum Gasteiger partial charge on any atom is -0.490 e. The third kappa shape index (κ3) is 7.21. The number of hydrogen-bond donors (Lipinski definition) is 1. The molecule has 0 heterocycles. The second kappa shape index (κ2) is 12.4. The van der Waals surface area contributed by atoms with Crippen LogP contribution in [0, 0.1) is 5.82 Å². The Labute approximate surface area is 188 Å². The van der Waals surface area contributed by atoms with E-state index in [1.807, 2.05) is 61.5 Å². The molecule has 0 unspecified atom stereocenters. The lowest BCUT2D eigenvalue weighted by atomic mass is 10.1. The average Bonchev–Trinajstić information content (AvgIpc) is 2.73. The van der Waals surface area contributed by atoms with E-state index >= 15 is 0 Å². The van der Waals surface area contributed by atoms with Gasteiger partial charge in [0, 0.05) is 17.1 Å². The highest BCUT2D eigenvalue weighted by molar-refractivity contribution is 6.31.